The summed E-state index contributed by atoms with van der Waals surface area (Å²) in [7, 11) is -3.80. The largest absolute Gasteiger partial charge is 0.379 e. The van der Waals surface area contributed by atoms with Gasteiger partial charge in [-0.1, -0.05) is 41.9 Å². The lowest BCUT2D eigenvalue weighted by Crippen LogP contribution is -2.40. The summed E-state index contributed by atoms with van der Waals surface area (Å²) in [4.78, 5) is 25.6. The number of carbonyl (C=O) groups excluding carboxylic acids is 2. The highest BCUT2D eigenvalue weighted by molar-refractivity contribution is 7.89. The van der Waals surface area contributed by atoms with Gasteiger partial charge in [0.05, 0.1) is 40.1 Å². The van der Waals surface area contributed by atoms with Crippen LogP contribution < -0.4 is 10.6 Å². The molecule has 3 aromatic carbocycles. The Morgan fingerprint density at radius 2 is 1.41 bits per heavy atom. The molecule has 0 saturated carbocycles. The van der Waals surface area contributed by atoms with Gasteiger partial charge in [-0.2, -0.15) is 4.31 Å². The van der Waals surface area contributed by atoms with Gasteiger partial charge in [0.25, 0.3) is 11.8 Å². The summed E-state index contributed by atoms with van der Waals surface area (Å²) in [6, 6.07) is 19.4. The predicted molar refractivity (Wildman–Crippen MR) is 130 cm³/mol. The van der Waals surface area contributed by atoms with Gasteiger partial charge in [-0.3, -0.25) is 9.59 Å². The van der Waals surface area contributed by atoms with E-state index in [1.165, 1.54) is 22.5 Å². The van der Waals surface area contributed by atoms with E-state index in [0.29, 0.717) is 30.2 Å². The molecule has 34 heavy (non-hydrogen) atoms. The highest BCUT2D eigenvalue weighted by Crippen LogP contribution is 2.27. The Hall–Kier alpha value is -3.24. The van der Waals surface area contributed by atoms with Crippen LogP contribution in [0.4, 0.5) is 11.4 Å². The zero-order chi connectivity index (χ0) is 24.1. The number of nitrogens with one attached hydrogen (secondary N) is 2. The summed E-state index contributed by atoms with van der Waals surface area (Å²) >= 11 is 6.24. The fraction of sp³-hybridized carbons (Fsp3) is 0.167. The lowest BCUT2D eigenvalue weighted by Gasteiger charge is -2.26. The summed E-state index contributed by atoms with van der Waals surface area (Å²) in [5.41, 5.74) is 1.19. The molecule has 0 spiro atoms. The minimum absolute atomic E-state index is 0.000176. The summed E-state index contributed by atoms with van der Waals surface area (Å²) in [5.74, 6) is -0.940. The second kappa shape index (κ2) is 10.4. The zero-order valence-corrected chi connectivity index (χ0v) is 19.6. The second-order valence-corrected chi connectivity index (χ2v) is 9.82. The number of anilines is 2. The molecule has 8 nitrogen and oxygen atoms in total. The molecule has 2 N–H and O–H groups in total. The molecule has 1 aliphatic rings. The standard InChI is InChI=1S/C24H22ClN3O5S/c25-20-11-10-18(34(31,32)28-12-14-33-15-13-28)16-19(20)24(30)27-22-9-5-4-8-21(22)26-23(29)17-6-2-1-3-7-17/h1-11,16H,12-15H2,(H,26,29)(H,27,30). The van der Waals surface area contributed by atoms with E-state index in [-0.39, 0.29) is 34.5 Å². The average Bonchev–Trinajstić information content (AvgIpc) is 2.86. The number of hydrogen-bond acceptors (Lipinski definition) is 5. The Kier molecular flexibility index (Phi) is 7.28. The van der Waals surface area contributed by atoms with E-state index >= 15 is 0 Å². The molecule has 1 fully saturated rings. The van der Waals surface area contributed by atoms with Crippen molar-refractivity contribution in [3.05, 3.63) is 88.9 Å². The van der Waals surface area contributed by atoms with E-state index in [1.54, 1.807) is 48.5 Å². The molecule has 3 aromatic rings. The maximum absolute atomic E-state index is 13.1. The molecule has 1 saturated heterocycles. The van der Waals surface area contributed by atoms with E-state index in [0.717, 1.165) is 0 Å². The molecule has 0 bridgehead atoms. The molecular formula is C24H22ClN3O5S. The summed E-state index contributed by atoms with van der Waals surface area (Å²) in [5, 5.41) is 5.59. The molecule has 0 radical (unpaired) electrons. The fourth-order valence-electron chi connectivity index (χ4n) is 3.45. The molecular weight excluding hydrogens is 478 g/mol. The van der Waals surface area contributed by atoms with Gasteiger partial charge in [0, 0.05) is 18.7 Å². The molecule has 0 aliphatic carbocycles. The molecule has 4 rings (SSSR count). The minimum Gasteiger partial charge on any atom is -0.379 e. The molecule has 0 unspecified atom stereocenters. The van der Waals surface area contributed by atoms with Gasteiger partial charge in [0.1, 0.15) is 0 Å². The number of benzene rings is 3. The van der Waals surface area contributed by atoms with Crippen molar-refractivity contribution >= 4 is 44.8 Å². The Morgan fingerprint density at radius 3 is 2.06 bits per heavy atom. The van der Waals surface area contributed by atoms with Gasteiger partial charge < -0.3 is 15.4 Å². The van der Waals surface area contributed by atoms with Crippen LogP contribution in [0.2, 0.25) is 5.02 Å². The second-order valence-electron chi connectivity index (χ2n) is 7.48. The van der Waals surface area contributed by atoms with Crippen molar-refractivity contribution in [2.45, 2.75) is 4.90 Å². The first-order valence-electron chi connectivity index (χ1n) is 10.5. The number of ether oxygens (including phenoxy) is 1. The van der Waals surface area contributed by atoms with Gasteiger partial charge in [-0.25, -0.2) is 8.42 Å². The van der Waals surface area contributed by atoms with Crippen molar-refractivity contribution in [1.29, 1.82) is 0 Å². The van der Waals surface area contributed by atoms with Gasteiger partial charge in [0.2, 0.25) is 10.0 Å². The van der Waals surface area contributed by atoms with Crippen molar-refractivity contribution in [3.8, 4) is 0 Å². The SMILES string of the molecule is O=C(Nc1ccccc1NC(=O)c1cc(S(=O)(=O)N2CCOCC2)ccc1Cl)c1ccccc1. The number of rotatable bonds is 6. The third-order valence-corrected chi connectivity index (χ3v) is 7.47. The van der Waals surface area contributed by atoms with Crippen molar-refractivity contribution < 1.29 is 22.7 Å². The number of halogens is 1. The molecule has 10 heteroatoms. The van der Waals surface area contributed by atoms with Gasteiger partial charge >= 0.3 is 0 Å². The highest BCUT2D eigenvalue weighted by atomic mass is 35.5. The Balaban J connectivity index is 1.57. The fourth-order valence-corrected chi connectivity index (χ4v) is 5.09. The van der Waals surface area contributed by atoms with Crippen LogP contribution in [0.25, 0.3) is 0 Å². The number of hydrogen-bond donors (Lipinski definition) is 2. The van der Waals surface area contributed by atoms with Crippen LogP contribution in [-0.2, 0) is 14.8 Å². The molecule has 1 heterocycles. The van der Waals surface area contributed by atoms with E-state index < -0.39 is 15.9 Å². The number of amides is 2. The van der Waals surface area contributed by atoms with Crippen LogP contribution in [0.3, 0.4) is 0 Å². The summed E-state index contributed by atoms with van der Waals surface area (Å²) in [6.45, 7) is 1.10. The highest BCUT2D eigenvalue weighted by Gasteiger charge is 2.27. The lowest BCUT2D eigenvalue weighted by molar-refractivity contribution is 0.0730. The van der Waals surface area contributed by atoms with Crippen LogP contribution in [0.15, 0.2) is 77.7 Å². The molecule has 0 aromatic heterocycles. The first kappa shape index (κ1) is 23.9. The summed E-state index contributed by atoms with van der Waals surface area (Å²) in [6.07, 6.45) is 0. The number of nitrogens with zero attached hydrogens (tertiary/aromatic N) is 1. The van der Waals surface area contributed by atoms with Gasteiger partial charge in [-0.15, -0.1) is 0 Å². The first-order chi connectivity index (χ1) is 16.4. The average molecular weight is 500 g/mol. The van der Waals surface area contributed by atoms with Crippen molar-refractivity contribution in [3.63, 3.8) is 0 Å². The number of para-hydroxylation sites is 2. The topological polar surface area (TPSA) is 105 Å². The summed E-state index contributed by atoms with van der Waals surface area (Å²) < 4.78 is 32.5. The number of sulfonamides is 1. The van der Waals surface area contributed by atoms with Gasteiger partial charge in [0.15, 0.2) is 0 Å². The van der Waals surface area contributed by atoms with E-state index in [4.69, 9.17) is 16.3 Å². The van der Waals surface area contributed by atoms with Crippen molar-refractivity contribution in [1.82, 2.24) is 4.31 Å². The normalized spacial score (nSPS) is 14.4. The van der Waals surface area contributed by atoms with E-state index in [2.05, 4.69) is 10.6 Å². The molecule has 1 aliphatic heterocycles. The van der Waals surface area contributed by atoms with Crippen LogP contribution >= 0.6 is 11.6 Å². The number of carbonyl (C=O) groups is 2. The maximum Gasteiger partial charge on any atom is 0.257 e. The Bertz CT molecular complexity index is 1310. The smallest absolute Gasteiger partial charge is 0.257 e. The predicted octanol–water partition coefficient (Wildman–Crippen LogP) is 3.87. The molecule has 0 atom stereocenters. The molecule has 2 amide bonds. The van der Waals surface area contributed by atoms with E-state index in [1.807, 2.05) is 6.07 Å². The zero-order valence-electron chi connectivity index (χ0n) is 18.0. The van der Waals surface area contributed by atoms with Crippen LogP contribution in [0.5, 0.6) is 0 Å². The van der Waals surface area contributed by atoms with Crippen molar-refractivity contribution in [2.75, 3.05) is 36.9 Å². The quantitative estimate of drug-likeness (QED) is 0.535. The molecule has 176 valence electrons. The maximum atomic E-state index is 13.1. The minimum atomic E-state index is -3.80. The third kappa shape index (κ3) is 5.28. The first-order valence-corrected chi connectivity index (χ1v) is 12.3. The Labute approximate surface area is 202 Å². The number of morpholine rings is 1. The van der Waals surface area contributed by atoms with E-state index in [9.17, 15) is 18.0 Å². The van der Waals surface area contributed by atoms with Crippen LogP contribution in [0, 0.1) is 0 Å². The van der Waals surface area contributed by atoms with Crippen LogP contribution in [-0.4, -0.2) is 50.8 Å². The van der Waals surface area contributed by atoms with Crippen molar-refractivity contribution in [2.24, 2.45) is 0 Å². The lowest BCUT2D eigenvalue weighted by atomic mass is 10.2. The van der Waals surface area contributed by atoms with Crippen LogP contribution in [0.1, 0.15) is 20.7 Å². The monoisotopic (exact) mass is 499 g/mol. The third-order valence-electron chi connectivity index (χ3n) is 5.25. The Morgan fingerprint density at radius 1 is 0.824 bits per heavy atom. The van der Waals surface area contributed by atoms with Gasteiger partial charge in [-0.05, 0) is 42.5 Å².